The van der Waals surface area contributed by atoms with Gasteiger partial charge in [0.15, 0.2) is 11.6 Å². The number of nitrogens with zero attached hydrogens (tertiary/aromatic N) is 2. The van der Waals surface area contributed by atoms with Crippen LogP contribution in [0.15, 0.2) is 12.1 Å². The molecular weight excluding hydrogens is 238 g/mol. The van der Waals surface area contributed by atoms with E-state index in [0.29, 0.717) is 5.69 Å². The first-order valence-corrected chi connectivity index (χ1v) is 5.57. The fraction of sp³-hybridized carbons (Fsp3) is 0.308. The number of aliphatic hydroxyl groups is 1. The maximum absolute atomic E-state index is 13.9. The average molecular weight is 252 g/mol. The van der Waals surface area contributed by atoms with Crippen LogP contribution in [0.3, 0.4) is 0 Å². The zero-order valence-corrected chi connectivity index (χ0v) is 10.5. The molecule has 0 unspecified atom stereocenters. The molecule has 1 aromatic heterocycles. The standard InChI is InChI=1S/C13H14F2N2O/c1-7-8(2)16-17(9(7)3)13-11(14)4-10(6-18)5-12(13)15/h4-5,18H,6H2,1-3H3. The largest absolute Gasteiger partial charge is 0.392 e. The summed E-state index contributed by atoms with van der Waals surface area (Å²) in [5.74, 6) is -1.46. The molecule has 0 aliphatic heterocycles. The van der Waals surface area contributed by atoms with Gasteiger partial charge in [-0.15, -0.1) is 0 Å². The van der Waals surface area contributed by atoms with E-state index in [-0.39, 0.29) is 11.3 Å². The molecular formula is C13H14F2N2O. The molecule has 0 saturated carbocycles. The first-order chi connectivity index (χ1) is 8.45. The third kappa shape index (κ3) is 1.90. The summed E-state index contributed by atoms with van der Waals surface area (Å²) < 4.78 is 29.0. The molecule has 0 amide bonds. The van der Waals surface area contributed by atoms with Crippen LogP contribution in [-0.2, 0) is 6.61 Å². The van der Waals surface area contributed by atoms with Crippen molar-refractivity contribution in [2.24, 2.45) is 0 Å². The Bertz CT molecular complexity index is 582. The fourth-order valence-electron chi connectivity index (χ4n) is 1.85. The van der Waals surface area contributed by atoms with Crippen molar-refractivity contribution in [3.05, 3.63) is 46.3 Å². The lowest BCUT2D eigenvalue weighted by atomic mass is 10.2. The number of hydrogen-bond donors (Lipinski definition) is 1. The molecule has 0 radical (unpaired) electrons. The van der Waals surface area contributed by atoms with Crippen LogP contribution in [0.4, 0.5) is 8.78 Å². The smallest absolute Gasteiger partial charge is 0.152 e. The summed E-state index contributed by atoms with van der Waals surface area (Å²) in [6, 6.07) is 2.23. The maximum atomic E-state index is 13.9. The number of aryl methyl sites for hydroxylation is 1. The van der Waals surface area contributed by atoms with Crippen molar-refractivity contribution in [2.75, 3.05) is 0 Å². The summed E-state index contributed by atoms with van der Waals surface area (Å²) in [5, 5.41) is 13.0. The Morgan fingerprint density at radius 1 is 1.17 bits per heavy atom. The molecule has 1 heterocycles. The molecule has 0 bridgehead atoms. The monoisotopic (exact) mass is 252 g/mol. The maximum Gasteiger partial charge on any atom is 0.152 e. The van der Waals surface area contributed by atoms with Crippen LogP contribution in [0.1, 0.15) is 22.5 Å². The second-order valence-electron chi connectivity index (χ2n) is 4.27. The van der Waals surface area contributed by atoms with E-state index in [0.717, 1.165) is 23.4 Å². The first kappa shape index (κ1) is 12.7. The van der Waals surface area contributed by atoms with Gasteiger partial charge in [0.2, 0.25) is 0 Å². The molecule has 0 aliphatic carbocycles. The van der Waals surface area contributed by atoms with E-state index < -0.39 is 18.2 Å². The van der Waals surface area contributed by atoms with Crippen LogP contribution in [0.5, 0.6) is 0 Å². The van der Waals surface area contributed by atoms with E-state index in [1.807, 2.05) is 6.92 Å². The predicted molar refractivity (Wildman–Crippen MR) is 63.6 cm³/mol. The zero-order chi connectivity index (χ0) is 13.4. The SMILES string of the molecule is Cc1nn(-c2c(F)cc(CO)cc2F)c(C)c1C. The van der Waals surface area contributed by atoms with Gasteiger partial charge >= 0.3 is 0 Å². The summed E-state index contributed by atoms with van der Waals surface area (Å²) in [6.45, 7) is 5.00. The highest BCUT2D eigenvalue weighted by Gasteiger charge is 2.17. The minimum atomic E-state index is -0.732. The molecule has 0 fully saturated rings. The lowest BCUT2D eigenvalue weighted by Crippen LogP contribution is -2.06. The van der Waals surface area contributed by atoms with Crippen molar-refractivity contribution < 1.29 is 13.9 Å². The van der Waals surface area contributed by atoms with E-state index in [9.17, 15) is 8.78 Å². The lowest BCUT2D eigenvalue weighted by molar-refractivity contribution is 0.280. The molecule has 0 spiro atoms. The third-order valence-corrected chi connectivity index (χ3v) is 3.12. The number of halogens is 2. The Morgan fingerprint density at radius 3 is 2.11 bits per heavy atom. The number of aromatic nitrogens is 2. The summed E-state index contributed by atoms with van der Waals surface area (Å²) >= 11 is 0. The summed E-state index contributed by atoms with van der Waals surface area (Å²) in [6.07, 6.45) is 0. The van der Waals surface area contributed by atoms with Gasteiger partial charge in [-0.2, -0.15) is 5.10 Å². The van der Waals surface area contributed by atoms with E-state index in [1.165, 1.54) is 4.68 Å². The normalized spacial score (nSPS) is 11.0. The van der Waals surface area contributed by atoms with Crippen LogP contribution in [0.2, 0.25) is 0 Å². The molecule has 0 saturated heterocycles. The second-order valence-corrected chi connectivity index (χ2v) is 4.27. The zero-order valence-electron chi connectivity index (χ0n) is 10.5. The quantitative estimate of drug-likeness (QED) is 0.892. The van der Waals surface area contributed by atoms with E-state index in [2.05, 4.69) is 5.10 Å². The van der Waals surface area contributed by atoms with Gasteiger partial charge in [0.25, 0.3) is 0 Å². The molecule has 1 N–H and O–H groups in total. The Labute approximate surface area is 104 Å². The van der Waals surface area contributed by atoms with Crippen LogP contribution in [0.25, 0.3) is 5.69 Å². The molecule has 0 aliphatic rings. The molecule has 3 nitrogen and oxygen atoms in total. The van der Waals surface area contributed by atoms with Crippen molar-refractivity contribution >= 4 is 0 Å². The average Bonchev–Trinajstić information content (AvgIpc) is 2.56. The van der Waals surface area contributed by atoms with Gasteiger partial charge in [0.05, 0.1) is 12.3 Å². The summed E-state index contributed by atoms with van der Waals surface area (Å²) in [4.78, 5) is 0. The highest BCUT2D eigenvalue weighted by Crippen LogP contribution is 2.23. The van der Waals surface area contributed by atoms with Gasteiger partial charge < -0.3 is 5.11 Å². The van der Waals surface area contributed by atoms with Crippen molar-refractivity contribution in [3.63, 3.8) is 0 Å². The van der Waals surface area contributed by atoms with Gasteiger partial charge in [0, 0.05) is 5.69 Å². The van der Waals surface area contributed by atoms with Gasteiger partial charge in [-0.1, -0.05) is 0 Å². The topological polar surface area (TPSA) is 38.0 Å². The Morgan fingerprint density at radius 2 is 1.72 bits per heavy atom. The minimum absolute atomic E-state index is 0.201. The van der Waals surface area contributed by atoms with Gasteiger partial charge in [-0.3, -0.25) is 0 Å². The molecule has 5 heteroatoms. The Hall–Kier alpha value is -1.75. The van der Waals surface area contributed by atoms with Gasteiger partial charge in [-0.05, 0) is 44.0 Å². The minimum Gasteiger partial charge on any atom is -0.392 e. The van der Waals surface area contributed by atoms with Crippen molar-refractivity contribution in [3.8, 4) is 5.69 Å². The number of rotatable bonds is 2. The Kier molecular flexibility index (Phi) is 3.17. The van der Waals surface area contributed by atoms with Crippen LogP contribution in [0, 0.1) is 32.4 Å². The number of aliphatic hydroxyl groups excluding tert-OH is 1. The van der Waals surface area contributed by atoms with Crippen molar-refractivity contribution in [1.29, 1.82) is 0 Å². The first-order valence-electron chi connectivity index (χ1n) is 5.57. The molecule has 0 atom stereocenters. The Balaban J connectivity index is 2.67. The van der Waals surface area contributed by atoms with Crippen LogP contribution < -0.4 is 0 Å². The fourth-order valence-corrected chi connectivity index (χ4v) is 1.85. The third-order valence-electron chi connectivity index (χ3n) is 3.12. The van der Waals surface area contributed by atoms with Gasteiger partial charge in [0.1, 0.15) is 5.69 Å². The molecule has 1 aromatic carbocycles. The highest BCUT2D eigenvalue weighted by molar-refractivity contribution is 5.41. The number of hydrogen-bond acceptors (Lipinski definition) is 2. The van der Waals surface area contributed by atoms with Crippen LogP contribution in [-0.4, -0.2) is 14.9 Å². The molecule has 2 rings (SSSR count). The van der Waals surface area contributed by atoms with E-state index in [1.54, 1.807) is 13.8 Å². The number of benzene rings is 1. The van der Waals surface area contributed by atoms with E-state index >= 15 is 0 Å². The molecule has 2 aromatic rings. The molecule has 96 valence electrons. The highest BCUT2D eigenvalue weighted by atomic mass is 19.1. The summed E-state index contributed by atoms with van der Waals surface area (Å²) in [7, 11) is 0. The van der Waals surface area contributed by atoms with Crippen LogP contribution >= 0.6 is 0 Å². The second kappa shape index (κ2) is 4.49. The van der Waals surface area contributed by atoms with Crippen molar-refractivity contribution in [2.45, 2.75) is 27.4 Å². The molecule has 18 heavy (non-hydrogen) atoms. The van der Waals surface area contributed by atoms with Gasteiger partial charge in [-0.25, -0.2) is 13.5 Å². The van der Waals surface area contributed by atoms with E-state index in [4.69, 9.17) is 5.11 Å². The summed E-state index contributed by atoms with van der Waals surface area (Å²) in [5.41, 5.74) is 2.33. The lowest BCUT2D eigenvalue weighted by Gasteiger charge is -2.09. The predicted octanol–water partition coefficient (Wildman–Crippen LogP) is 2.57. The van der Waals surface area contributed by atoms with Crippen molar-refractivity contribution in [1.82, 2.24) is 9.78 Å².